The highest BCUT2D eigenvalue weighted by Crippen LogP contribution is 2.43. The van der Waals surface area contributed by atoms with E-state index in [9.17, 15) is 27.5 Å². The third-order valence-corrected chi connectivity index (χ3v) is 5.20. The van der Waals surface area contributed by atoms with Crippen molar-refractivity contribution >= 4 is 44.6 Å². The normalized spacial score (nSPS) is 21.5. The summed E-state index contributed by atoms with van der Waals surface area (Å²) >= 11 is 6.79. The molecule has 24 heavy (non-hydrogen) atoms. The molecular formula is C14H9ClF4N2O2S. The molecule has 4 nitrogen and oxygen atoms in total. The maximum Gasteiger partial charge on any atom is 0.438 e. The Morgan fingerprint density at radius 3 is 2.75 bits per heavy atom. The number of amides is 1. The predicted octanol–water partition coefficient (Wildman–Crippen LogP) is 4.17. The minimum Gasteiger partial charge on any atom is -0.362 e. The van der Waals surface area contributed by atoms with E-state index in [4.69, 9.17) is 11.6 Å². The number of fused-ring (bicyclic) bond motifs is 1. The average molecular weight is 381 g/mol. The summed E-state index contributed by atoms with van der Waals surface area (Å²) < 4.78 is 53.2. The minimum absolute atomic E-state index is 0.00468. The molecule has 10 heteroatoms. The molecule has 1 atom stereocenters. The van der Waals surface area contributed by atoms with Crippen LogP contribution in [0.2, 0.25) is 5.02 Å². The number of carbonyl (C=O) groups is 1. The molecule has 0 saturated carbocycles. The SMILES string of the molecule is CC1=NN(C(=O)c2sc3cc(F)ccc3c2Cl)[C@@](O)(C(F)(F)F)C1. The van der Waals surface area contributed by atoms with Crippen LogP contribution in [0.5, 0.6) is 0 Å². The van der Waals surface area contributed by atoms with Crippen LogP contribution in [0.15, 0.2) is 23.3 Å². The maximum absolute atomic E-state index is 13.3. The summed E-state index contributed by atoms with van der Waals surface area (Å²) in [4.78, 5) is 12.3. The number of hydrogen-bond donors (Lipinski definition) is 1. The van der Waals surface area contributed by atoms with E-state index in [-0.39, 0.29) is 20.6 Å². The number of alkyl halides is 3. The minimum atomic E-state index is -5.10. The van der Waals surface area contributed by atoms with E-state index >= 15 is 0 Å². The first-order valence-electron chi connectivity index (χ1n) is 6.60. The number of benzene rings is 1. The van der Waals surface area contributed by atoms with Crippen molar-refractivity contribution in [2.75, 3.05) is 0 Å². The van der Waals surface area contributed by atoms with Gasteiger partial charge in [0.2, 0.25) is 0 Å². The largest absolute Gasteiger partial charge is 0.438 e. The molecule has 3 rings (SSSR count). The van der Waals surface area contributed by atoms with Crippen LogP contribution in [-0.2, 0) is 0 Å². The van der Waals surface area contributed by atoms with Crippen molar-refractivity contribution in [1.29, 1.82) is 0 Å². The first-order valence-corrected chi connectivity index (χ1v) is 7.79. The number of hydrogen-bond acceptors (Lipinski definition) is 4. The summed E-state index contributed by atoms with van der Waals surface area (Å²) in [5.41, 5.74) is -3.48. The summed E-state index contributed by atoms with van der Waals surface area (Å²) in [6.45, 7) is 1.27. The summed E-state index contributed by atoms with van der Waals surface area (Å²) in [6, 6.07) is 3.57. The van der Waals surface area contributed by atoms with Crippen LogP contribution in [0.4, 0.5) is 17.6 Å². The van der Waals surface area contributed by atoms with Crippen molar-refractivity contribution in [2.45, 2.75) is 25.2 Å². The summed E-state index contributed by atoms with van der Waals surface area (Å²) in [5.74, 6) is -1.76. The fourth-order valence-electron chi connectivity index (χ4n) is 2.43. The van der Waals surface area contributed by atoms with Gasteiger partial charge in [0.05, 0.1) is 5.02 Å². The molecule has 1 aromatic heterocycles. The van der Waals surface area contributed by atoms with Gasteiger partial charge in [0.1, 0.15) is 10.7 Å². The van der Waals surface area contributed by atoms with Crippen LogP contribution >= 0.6 is 22.9 Å². The molecule has 1 aliphatic heterocycles. The molecule has 0 bridgehead atoms. The second-order valence-corrected chi connectivity index (χ2v) is 6.76. The van der Waals surface area contributed by atoms with Crippen LogP contribution in [0.3, 0.4) is 0 Å². The predicted molar refractivity (Wildman–Crippen MR) is 81.7 cm³/mol. The van der Waals surface area contributed by atoms with Crippen LogP contribution in [-0.4, -0.2) is 33.6 Å². The average Bonchev–Trinajstić information content (AvgIpc) is 2.95. The fraction of sp³-hybridized carbons (Fsp3) is 0.286. The van der Waals surface area contributed by atoms with Crippen LogP contribution in [0.25, 0.3) is 10.1 Å². The molecule has 1 aliphatic rings. The number of nitrogens with zero attached hydrogens (tertiary/aromatic N) is 2. The number of halogens is 5. The Kier molecular flexibility index (Phi) is 3.85. The maximum atomic E-state index is 13.3. The van der Waals surface area contributed by atoms with Gasteiger partial charge in [0, 0.05) is 22.2 Å². The topological polar surface area (TPSA) is 52.9 Å². The third-order valence-electron chi connectivity index (χ3n) is 3.56. The molecule has 128 valence electrons. The van der Waals surface area contributed by atoms with Crippen LogP contribution < -0.4 is 0 Å². The number of aliphatic hydroxyl groups is 1. The Bertz CT molecular complexity index is 880. The Labute approximate surface area is 141 Å². The molecule has 0 fully saturated rings. The lowest BCUT2D eigenvalue weighted by molar-refractivity contribution is -0.297. The highest BCUT2D eigenvalue weighted by molar-refractivity contribution is 7.21. The van der Waals surface area contributed by atoms with Crippen molar-refractivity contribution in [3.63, 3.8) is 0 Å². The molecule has 1 N–H and O–H groups in total. The Morgan fingerprint density at radius 2 is 2.12 bits per heavy atom. The van der Waals surface area contributed by atoms with Gasteiger partial charge in [-0.15, -0.1) is 11.3 Å². The lowest BCUT2D eigenvalue weighted by Gasteiger charge is -2.32. The van der Waals surface area contributed by atoms with Gasteiger partial charge in [-0.05, 0) is 25.1 Å². The Hall–Kier alpha value is -1.71. The second kappa shape index (κ2) is 5.40. The fourth-order valence-corrected chi connectivity index (χ4v) is 3.89. The molecule has 0 spiro atoms. The van der Waals surface area contributed by atoms with E-state index in [0.29, 0.717) is 10.1 Å². The highest BCUT2D eigenvalue weighted by Gasteiger charge is 2.63. The monoisotopic (exact) mass is 380 g/mol. The summed E-state index contributed by atoms with van der Waals surface area (Å²) in [6.07, 6.45) is -5.95. The van der Waals surface area contributed by atoms with Gasteiger partial charge in [-0.3, -0.25) is 4.79 Å². The quantitative estimate of drug-likeness (QED) is 0.755. The van der Waals surface area contributed by atoms with E-state index in [1.165, 1.54) is 13.0 Å². The van der Waals surface area contributed by atoms with Crippen LogP contribution in [0.1, 0.15) is 23.0 Å². The number of thiophene rings is 1. The smallest absolute Gasteiger partial charge is 0.362 e. The van der Waals surface area contributed by atoms with E-state index in [0.717, 1.165) is 23.5 Å². The lowest BCUT2D eigenvalue weighted by atomic mass is 10.1. The van der Waals surface area contributed by atoms with Crippen molar-refractivity contribution in [3.05, 3.63) is 33.9 Å². The van der Waals surface area contributed by atoms with E-state index < -0.39 is 30.0 Å². The summed E-state index contributed by atoms with van der Waals surface area (Å²) in [5, 5.41) is 13.7. The number of carbonyl (C=O) groups excluding carboxylic acids is 1. The molecule has 0 aliphatic carbocycles. The Balaban J connectivity index is 2.10. The van der Waals surface area contributed by atoms with Gasteiger partial charge >= 0.3 is 6.18 Å². The molecule has 2 heterocycles. The van der Waals surface area contributed by atoms with Gasteiger partial charge in [0.25, 0.3) is 11.6 Å². The molecule has 1 amide bonds. The molecule has 0 radical (unpaired) electrons. The van der Waals surface area contributed by atoms with Gasteiger partial charge in [0.15, 0.2) is 0 Å². The second-order valence-electron chi connectivity index (χ2n) is 5.33. The van der Waals surface area contributed by atoms with Crippen molar-refractivity contribution in [1.82, 2.24) is 5.01 Å². The molecule has 1 aromatic carbocycles. The lowest BCUT2D eigenvalue weighted by Crippen LogP contribution is -2.56. The number of rotatable bonds is 1. The van der Waals surface area contributed by atoms with Crippen molar-refractivity contribution in [2.24, 2.45) is 5.10 Å². The Morgan fingerprint density at radius 1 is 1.46 bits per heavy atom. The number of hydrazone groups is 1. The molecular weight excluding hydrogens is 372 g/mol. The van der Waals surface area contributed by atoms with Gasteiger partial charge in [-0.25, -0.2) is 4.39 Å². The molecule has 2 aromatic rings. The summed E-state index contributed by atoms with van der Waals surface area (Å²) in [7, 11) is 0. The van der Waals surface area contributed by atoms with E-state index in [2.05, 4.69) is 5.10 Å². The molecule has 0 saturated heterocycles. The molecule has 0 unspecified atom stereocenters. The van der Waals surface area contributed by atoms with Gasteiger partial charge in [-0.1, -0.05) is 11.6 Å². The van der Waals surface area contributed by atoms with E-state index in [1.807, 2.05) is 0 Å². The standard InChI is InChI=1S/C14H9ClF4N2O2S/c1-6-5-13(23,14(17,18)19)21(20-6)12(22)11-10(15)8-3-2-7(16)4-9(8)24-11/h2-4,23H,5H2,1H3/t13-/m0/s1. The zero-order chi connectivity index (χ0) is 17.9. The van der Waals surface area contributed by atoms with E-state index in [1.54, 1.807) is 0 Å². The van der Waals surface area contributed by atoms with Crippen molar-refractivity contribution < 1.29 is 27.5 Å². The first-order chi connectivity index (χ1) is 11.0. The zero-order valence-corrected chi connectivity index (χ0v) is 13.6. The highest BCUT2D eigenvalue weighted by atomic mass is 35.5. The van der Waals surface area contributed by atoms with Gasteiger partial charge < -0.3 is 5.11 Å². The first kappa shape index (κ1) is 17.1. The zero-order valence-electron chi connectivity index (χ0n) is 12.0. The third kappa shape index (κ3) is 2.47. The van der Waals surface area contributed by atoms with Gasteiger partial charge in [-0.2, -0.15) is 23.3 Å². The van der Waals surface area contributed by atoms with Crippen LogP contribution in [0, 0.1) is 5.82 Å². The van der Waals surface area contributed by atoms with Crippen molar-refractivity contribution in [3.8, 4) is 0 Å².